The van der Waals surface area contributed by atoms with Crippen molar-refractivity contribution in [3.05, 3.63) is 0 Å². The minimum absolute atomic E-state index is 0.246. The number of alkyl halides is 3. The number of likely N-dealkylation sites (tertiary alicyclic amines) is 1. The molecule has 2 N–H and O–H groups in total. The van der Waals surface area contributed by atoms with E-state index in [1.54, 1.807) is 0 Å². The van der Waals surface area contributed by atoms with Gasteiger partial charge in [0, 0.05) is 26.2 Å². The van der Waals surface area contributed by atoms with Crippen molar-refractivity contribution in [3.63, 3.8) is 0 Å². The van der Waals surface area contributed by atoms with E-state index in [0.29, 0.717) is 25.6 Å². The summed E-state index contributed by atoms with van der Waals surface area (Å²) in [5.41, 5.74) is 0. The molecule has 0 aromatic carbocycles. The molecule has 124 valence electrons. The van der Waals surface area contributed by atoms with Crippen molar-refractivity contribution in [3.8, 4) is 0 Å². The zero-order chi connectivity index (χ0) is 15.9. The van der Waals surface area contributed by atoms with Gasteiger partial charge in [-0.3, -0.25) is 9.89 Å². The van der Waals surface area contributed by atoms with Crippen molar-refractivity contribution >= 4 is 5.96 Å². The molecule has 0 aromatic heterocycles. The number of nitrogens with zero attached hydrogens (tertiary/aromatic N) is 2. The third-order valence-corrected chi connectivity index (χ3v) is 3.29. The van der Waals surface area contributed by atoms with Crippen LogP contribution in [0.2, 0.25) is 0 Å². The summed E-state index contributed by atoms with van der Waals surface area (Å²) in [6.07, 6.45) is -3.30. The topological polar surface area (TPSA) is 39.7 Å². The zero-order valence-corrected chi connectivity index (χ0v) is 13.1. The zero-order valence-electron chi connectivity index (χ0n) is 13.1. The Kier molecular flexibility index (Phi) is 7.28. The van der Waals surface area contributed by atoms with Gasteiger partial charge in [0.25, 0.3) is 0 Å². The van der Waals surface area contributed by atoms with E-state index < -0.39 is 12.7 Å². The number of rotatable bonds is 6. The van der Waals surface area contributed by atoms with Gasteiger partial charge in [-0.25, -0.2) is 0 Å². The number of aliphatic imine (C=N–C) groups is 1. The summed E-state index contributed by atoms with van der Waals surface area (Å²) >= 11 is 0. The van der Waals surface area contributed by atoms with E-state index in [9.17, 15) is 13.2 Å². The number of guanidine groups is 1. The Morgan fingerprint density at radius 1 is 1.33 bits per heavy atom. The predicted molar refractivity (Wildman–Crippen MR) is 79.4 cm³/mol. The van der Waals surface area contributed by atoms with Gasteiger partial charge in [0.1, 0.15) is 0 Å². The van der Waals surface area contributed by atoms with E-state index in [1.165, 1.54) is 4.90 Å². The van der Waals surface area contributed by atoms with Gasteiger partial charge in [0.15, 0.2) is 5.96 Å². The highest BCUT2D eigenvalue weighted by atomic mass is 19.4. The van der Waals surface area contributed by atoms with Crippen LogP contribution in [0.25, 0.3) is 0 Å². The molecular formula is C14H27F3N4. The molecule has 1 fully saturated rings. The summed E-state index contributed by atoms with van der Waals surface area (Å²) in [5.74, 6) is 1.48. The van der Waals surface area contributed by atoms with E-state index in [-0.39, 0.29) is 5.92 Å². The molecule has 0 amide bonds. The van der Waals surface area contributed by atoms with Crippen molar-refractivity contribution in [2.45, 2.75) is 33.4 Å². The van der Waals surface area contributed by atoms with E-state index in [2.05, 4.69) is 29.5 Å². The number of nitrogens with one attached hydrogen (secondary N) is 2. The Bertz CT molecular complexity index is 329. The fraction of sp³-hybridized carbons (Fsp3) is 0.929. The Morgan fingerprint density at radius 3 is 2.62 bits per heavy atom. The molecule has 1 saturated heterocycles. The van der Waals surface area contributed by atoms with Crippen LogP contribution in [0.5, 0.6) is 0 Å². The third kappa shape index (κ3) is 8.14. The standard InChI is InChI=1S/C14H27F3N4/c1-4-18-13(19-7-11(2)3)20-8-12-5-6-21(9-12)10-14(15,16)17/h11-12H,4-10H2,1-3H3,(H2,18,19,20). The summed E-state index contributed by atoms with van der Waals surface area (Å²) in [6.45, 7) is 8.57. The van der Waals surface area contributed by atoms with Crippen molar-refractivity contribution in [1.82, 2.24) is 15.5 Å². The fourth-order valence-corrected chi connectivity index (χ4v) is 2.33. The van der Waals surface area contributed by atoms with Gasteiger partial charge < -0.3 is 10.6 Å². The number of hydrogen-bond acceptors (Lipinski definition) is 2. The number of hydrogen-bond donors (Lipinski definition) is 2. The molecule has 0 saturated carbocycles. The van der Waals surface area contributed by atoms with E-state index >= 15 is 0 Å². The lowest BCUT2D eigenvalue weighted by Crippen LogP contribution is -2.41. The van der Waals surface area contributed by atoms with Gasteiger partial charge >= 0.3 is 6.18 Å². The van der Waals surface area contributed by atoms with E-state index in [1.807, 2.05) is 6.92 Å². The molecule has 1 heterocycles. The van der Waals surface area contributed by atoms with Gasteiger partial charge in [-0.2, -0.15) is 13.2 Å². The third-order valence-electron chi connectivity index (χ3n) is 3.29. The first-order chi connectivity index (χ1) is 9.80. The molecule has 0 spiro atoms. The Labute approximate surface area is 125 Å². The fourth-order valence-electron chi connectivity index (χ4n) is 2.33. The van der Waals surface area contributed by atoms with Crippen molar-refractivity contribution in [2.75, 3.05) is 39.3 Å². The van der Waals surface area contributed by atoms with Crippen LogP contribution in [0.4, 0.5) is 13.2 Å². The minimum atomic E-state index is -4.10. The van der Waals surface area contributed by atoms with Crippen LogP contribution < -0.4 is 10.6 Å². The second kappa shape index (κ2) is 8.46. The highest BCUT2D eigenvalue weighted by molar-refractivity contribution is 5.79. The summed E-state index contributed by atoms with van der Waals surface area (Å²) in [7, 11) is 0. The predicted octanol–water partition coefficient (Wildman–Crippen LogP) is 2.08. The molecule has 0 bridgehead atoms. The molecule has 4 nitrogen and oxygen atoms in total. The Balaban J connectivity index is 2.35. The van der Waals surface area contributed by atoms with Crippen LogP contribution in [0.3, 0.4) is 0 Å². The first-order valence-corrected chi connectivity index (χ1v) is 7.61. The van der Waals surface area contributed by atoms with Crippen molar-refractivity contribution < 1.29 is 13.2 Å². The molecule has 21 heavy (non-hydrogen) atoms. The molecule has 1 aliphatic rings. The SMILES string of the molecule is CCNC(=NCC(C)C)NCC1CCN(CC(F)(F)F)C1. The summed E-state index contributed by atoms with van der Waals surface area (Å²) in [4.78, 5) is 5.93. The van der Waals surface area contributed by atoms with Crippen LogP contribution in [-0.4, -0.2) is 56.3 Å². The molecule has 1 rings (SSSR count). The second-order valence-electron chi connectivity index (χ2n) is 6.00. The number of halogens is 3. The van der Waals surface area contributed by atoms with E-state index in [4.69, 9.17) is 0 Å². The lowest BCUT2D eigenvalue weighted by Gasteiger charge is -2.18. The summed E-state index contributed by atoms with van der Waals surface area (Å²) < 4.78 is 37.0. The average molecular weight is 308 g/mol. The van der Waals surface area contributed by atoms with Crippen LogP contribution in [0.1, 0.15) is 27.2 Å². The van der Waals surface area contributed by atoms with Crippen LogP contribution in [0.15, 0.2) is 4.99 Å². The molecule has 7 heteroatoms. The summed E-state index contributed by atoms with van der Waals surface area (Å²) in [6, 6.07) is 0. The van der Waals surface area contributed by atoms with Gasteiger partial charge in [-0.05, 0) is 31.7 Å². The highest BCUT2D eigenvalue weighted by Crippen LogP contribution is 2.22. The maximum Gasteiger partial charge on any atom is 0.401 e. The summed E-state index contributed by atoms with van der Waals surface area (Å²) in [5, 5.41) is 6.39. The maximum absolute atomic E-state index is 12.3. The molecular weight excluding hydrogens is 281 g/mol. The minimum Gasteiger partial charge on any atom is -0.357 e. The Morgan fingerprint density at radius 2 is 2.05 bits per heavy atom. The smallest absolute Gasteiger partial charge is 0.357 e. The van der Waals surface area contributed by atoms with Gasteiger partial charge in [-0.1, -0.05) is 13.8 Å². The molecule has 1 atom stereocenters. The van der Waals surface area contributed by atoms with E-state index in [0.717, 1.165) is 25.5 Å². The molecule has 0 aromatic rings. The van der Waals surface area contributed by atoms with Crippen LogP contribution in [-0.2, 0) is 0 Å². The van der Waals surface area contributed by atoms with Crippen molar-refractivity contribution in [2.24, 2.45) is 16.8 Å². The van der Waals surface area contributed by atoms with Gasteiger partial charge in [0.05, 0.1) is 6.54 Å². The molecule has 0 aliphatic carbocycles. The Hall–Kier alpha value is -0.980. The second-order valence-corrected chi connectivity index (χ2v) is 6.00. The lowest BCUT2D eigenvalue weighted by atomic mass is 10.1. The first-order valence-electron chi connectivity index (χ1n) is 7.61. The van der Waals surface area contributed by atoms with Crippen LogP contribution in [0, 0.1) is 11.8 Å². The maximum atomic E-state index is 12.3. The quantitative estimate of drug-likeness (QED) is 0.583. The molecule has 1 unspecified atom stereocenters. The van der Waals surface area contributed by atoms with Crippen LogP contribution >= 0.6 is 0 Å². The largest absolute Gasteiger partial charge is 0.401 e. The van der Waals surface area contributed by atoms with Crippen molar-refractivity contribution in [1.29, 1.82) is 0 Å². The monoisotopic (exact) mass is 308 g/mol. The lowest BCUT2D eigenvalue weighted by molar-refractivity contribution is -0.143. The van der Waals surface area contributed by atoms with Gasteiger partial charge in [0.2, 0.25) is 0 Å². The highest BCUT2D eigenvalue weighted by Gasteiger charge is 2.34. The molecule has 1 aliphatic heterocycles. The molecule has 0 radical (unpaired) electrons. The van der Waals surface area contributed by atoms with Gasteiger partial charge in [-0.15, -0.1) is 0 Å². The normalized spacial score (nSPS) is 21.1. The average Bonchev–Trinajstić information content (AvgIpc) is 2.78. The first kappa shape index (κ1) is 18.1.